The Morgan fingerprint density at radius 3 is 2.23 bits per heavy atom. The van der Waals surface area contributed by atoms with Crippen molar-refractivity contribution in [2.45, 2.75) is 5.54 Å². The molecule has 1 heterocycles. The highest BCUT2D eigenvalue weighted by molar-refractivity contribution is 7.89. The van der Waals surface area contributed by atoms with E-state index in [4.69, 9.17) is 5.73 Å². The van der Waals surface area contributed by atoms with E-state index in [1.165, 1.54) is 16.4 Å². The van der Waals surface area contributed by atoms with E-state index < -0.39 is 27.3 Å². The molecule has 1 saturated heterocycles. The molecule has 2 aromatic carbocycles. The molecule has 1 atom stereocenters. The Morgan fingerprint density at radius 2 is 1.67 bits per heavy atom. The molecule has 1 fully saturated rings. The number of anilines is 1. The van der Waals surface area contributed by atoms with Gasteiger partial charge in [0.15, 0.2) is 5.54 Å². The van der Waals surface area contributed by atoms with Crippen LogP contribution in [0.25, 0.3) is 0 Å². The number of rotatable bonds is 5. The Morgan fingerprint density at radius 1 is 1.07 bits per heavy atom. The maximum Gasteiger partial charge on any atom is 0.337 e. The van der Waals surface area contributed by atoms with Crippen molar-refractivity contribution in [3.8, 4) is 11.8 Å². The first-order valence-corrected chi connectivity index (χ1v) is 10.9. The number of benzene rings is 2. The number of aliphatic carboxylic acids is 1. The molecule has 0 spiro atoms. The van der Waals surface area contributed by atoms with Gasteiger partial charge in [-0.2, -0.15) is 4.31 Å². The third-order valence-corrected chi connectivity index (χ3v) is 6.79. The molecule has 1 aliphatic rings. The summed E-state index contributed by atoms with van der Waals surface area (Å²) < 4.78 is 40.0. The normalized spacial score (nSPS) is 16.9. The number of nitrogens with zero attached hydrogens (tertiary/aromatic N) is 2. The Bertz CT molecular complexity index is 1060. The first kappa shape index (κ1) is 21.8. The van der Waals surface area contributed by atoms with Crippen LogP contribution in [0.1, 0.15) is 5.56 Å². The van der Waals surface area contributed by atoms with Crippen LogP contribution in [0.5, 0.6) is 0 Å². The van der Waals surface area contributed by atoms with Gasteiger partial charge < -0.3 is 15.7 Å². The second kappa shape index (κ2) is 8.83. The van der Waals surface area contributed by atoms with Gasteiger partial charge in [-0.05, 0) is 36.4 Å². The number of carboxylic acid groups (broad SMARTS) is 1. The van der Waals surface area contributed by atoms with Crippen molar-refractivity contribution in [1.82, 2.24) is 4.31 Å². The number of nitrogens with two attached hydrogens (primary N) is 1. The van der Waals surface area contributed by atoms with E-state index in [1.54, 1.807) is 42.5 Å². The van der Waals surface area contributed by atoms with Gasteiger partial charge in [-0.15, -0.1) is 0 Å². The van der Waals surface area contributed by atoms with E-state index in [1.807, 2.05) is 4.90 Å². The van der Waals surface area contributed by atoms with Gasteiger partial charge in [0, 0.05) is 37.4 Å². The molecule has 1 aliphatic heterocycles. The summed E-state index contributed by atoms with van der Waals surface area (Å²) in [5.41, 5.74) is 4.99. The molecule has 2 aromatic rings. The van der Waals surface area contributed by atoms with E-state index in [-0.39, 0.29) is 18.9 Å². The molecule has 7 nitrogen and oxygen atoms in total. The van der Waals surface area contributed by atoms with Crippen LogP contribution in [0, 0.1) is 17.7 Å². The van der Waals surface area contributed by atoms with Gasteiger partial charge in [-0.3, -0.25) is 0 Å². The zero-order valence-electron chi connectivity index (χ0n) is 16.2. The van der Waals surface area contributed by atoms with E-state index in [9.17, 15) is 22.7 Å². The molecular weight excluding hydrogens is 409 g/mol. The molecule has 3 N–H and O–H groups in total. The van der Waals surface area contributed by atoms with Crippen molar-refractivity contribution in [2.24, 2.45) is 5.73 Å². The van der Waals surface area contributed by atoms with Crippen LogP contribution in [0.4, 0.5) is 10.1 Å². The first-order chi connectivity index (χ1) is 14.2. The van der Waals surface area contributed by atoms with Gasteiger partial charge in [0.25, 0.3) is 0 Å². The van der Waals surface area contributed by atoms with Crippen molar-refractivity contribution >= 4 is 21.7 Å². The van der Waals surface area contributed by atoms with E-state index >= 15 is 0 Å². The van der Waals surface area contributed by atoms with Crippen molar-refractivity contribution in [3.05, 3.63) is 66.0 Å². The molecule has 30 heavy (non-hydrogen) atoms. The molecule has 158 valence electrons. The molecule has 0 aliphatic carbocycles. The molecule has 0 saturated carbocycles. The van der Waals surface area contributed by atoms with Crippen LogP contribution >= 0.6 is 0 Å². The summed E-state index contributed by atoms with van der Waals surface area (Å²) in [6.45, 7) is 1.12. The Balaban J connectivity index is 1.71. The van der Waals surface area contributed by atoms with Gasteiger partial charge in [0.1, 0.15) is 11.6 Å². The largest absolute Gasteiger partial charge is 0.479 e. The molecule has 9 heteroatoms. The molecular formula is C21H22FN3O4S. The fraction of sp³-hybridized carbons (Fsp3) is 0.286. The number of hydrogen-bond donors (Lipinski definition) is 2. The minimum atomic E-state index is -3.96. The summed E-state index contributed by atoms with van der Waals surface area (Å²) >= 11 is 0. The molecule has 0 bridgehead atoms. The number of carboxylic acids is 1. The number of carbonyl (C=O) groups is 1. The second-order valence-corrected chi connectivity index (χ2v) is 8.98. The maximum absolute atomic E-state index is 13.1. The molecule has 0 aromatic heterocycles. The van der Waals surface area contributed by atoms with Gasteiger partial charge in [0.2, 0.25) is 10.0 Å². The van der Waals surface area contributed by atoms with E-state index in [0.29, 0.717) is 18.7 Å². The predicted molar refractivity (Wildman–Crippen MR) is 112 cm³/mol. The monoisotopic (exact) mass is 431 g/mol. The van der Waals surface area contributed by atoms with Gasteiger partial charge >= 0.3 is 5.97 Å². The Hall–Kier alpha value is -2.93. The number of hydrogen-bond acceptors (Lipinski definition) is 5. The summed E-state index contributed by atoms with van der Waals surface area (Å²) in [6, 6.07) is 14.6. The third-order valence-electron chi connectivity index (χ3n) is 4.82. The van der Waals surface area contributed by atoms with Gasteiger partial charge in [-0.1, -0.05) is 30.0 Å². The maximum atomic E-state index is 13.1. The zero-order valence-corrected chi connectivity index (χ0v) is 17.0. The number of piperazine rings is 1. The minimum absolute atomic E-state index is 0.168. The highest BCUT2D eigenvalue weighted by Crippen LogP contribution is 2.19. The summed E-state index contributed by atoms with van der Waals surface area (Å²) in [6.07, 6.45) is 0. The fourth-order valence-corrected chi connectivity index (χ4v) is 4.79. The average molecular weight is 431 g/mol. The minimum Gasteiger partial charge on any atom is -0.479 e. The highest BCUT2D eigenvalue weighted by Gasteiger charge is 2.40. The summed E-state index contributed by atoms with van der Waals surface area (Å²) in [5.74, 6) is 2.40. The number of sulfonamides is 1. The SMILES string of the molecule is N[C@](C#Cc1ccccc1)(CS(=O)(=O)N1CCN(c2ccc(F)cc2)CC1)C(=O)O. The average Bonchev–Trinajstić information content (AvgIpc) is 2.73. The summed E-state index contributed by atoms with van der Waals surface area (Å²) in [7, 11) is -3.96. The summed E-state index contributed by atoms with van der Waals surface area (Å²) in [4.78, 5) is 13.7. The number of halogens is 1. The van der Waals surface area contributed by atoms with Gasteiger partial charge in [0.05, 0.1) is 0 Å². The van der Waals surface area contributed by atoms with Crippen LogP contribution in [0.15, 0.2) is 54.6 Å². The lowest BCUT2D eigenvalue weighted by atomic mass is 10.0. The molecule has 0 unspecified atom stereocenters. The van der Waals surface area contributed by atoms with Crippen molar-refractivity contribution < 1.29 is 22.7 Å². The van der Waals surface area contributed by atoms with Crippen LogP contribution < -0.4 is 10.6 Å². The van der Waals surface area contributed by atoms with Crippen LogP contribution in [-0.4, -0.2) is 61.3 Å². The second-order valence-electron chi connectivity index (χ2n) is 7.01. The van der Waals surface area contributed by atoms with Crippen LogP contribution in [-0.2, 0) is 14.8 Å². The lowest BCUT2D eigenvalue weighted by molar-refractivity contribution is -0.140. The predicted octanol–water partition coefficient (Wildman–Crippen LogP) is 1.11. The standard InChI is InChI=1S/C21H22FN3O4S/c22-18-6-8-19(9-7-18)24-12-14-25(15-13-24)30(28,29)16-21(23,20(26)27)11-10-17-4-2-1-3-5-17/h1-9H,12-16,23H2,(H,26,27)/t21-/m1/s1. The fourth-order valence-electron chi connectivity index (χ4n) is 3.11. The topological polar surface area (TPSA) is 104 Å². The van der Waals surface area contributed by atoms with Crippen molar-refractivity contribution in [1.29, 1.82) is 0 Å². The third kappa shape index (κ3) is 5.16. The zero-order chi connectivity index (χ0) is 21.8. The highest BCUT2D eigenvalue weighted by atomic mass is 32.2. The van der Waals surface area contributed by atoms with Crippen LogP contribution in [0.3, 0.4) is 0 Å². The van der Waals surface area contributed by atoms with Gasteiger partial charge in [-0.25, -0.2) is 17.6 Å². The lowest BCUT2D eigenvalue weighted by Crippen LogP contribution is -2.57. The Labute approximate surface area is 175 Å². The molecule has 0 amide bonds. The van der Waals surface area contributed by atoms with Crippen molar-refractivity contribution in [2.75, 3.05) is 36.8 Å². The van der Waals surface area contributed by atoms with Crippen molar-refractivity contribution in [3.63, 3.8) is 0 Å². The van der Waals surface area contributed by atoms with Crippen LogP contribution in [0.2, 0.25) is 0 Å². The van der Waals surface area contributed by atoms with E-state index in [2.05, 4.69) is 11.8 Å². The lowest BCUT2D eigenvalue weighted by Gasteiger charge is -2.36. The smallest absolute Gasteiger partial charge is 0.337 e. The molecule has 0 radical (unpaired) electrons. The summed E-state index contributed by atoms with van der Waals surface area (Å²) in [5, 5.41) is 9.54. The molecule has 3 rings (SSSR count). The quantitative estimate of drug-likeness (QED) is 0.688. The van der Waals surface area contributed by atoms with E-state index in [0.717, 1.165) is 5.69 Å². The Kier molecular flexibility index (Phi) is 6.41. The first-order valence-electron chi connectivity index (χ1n) is 9.28.